The minimum absolute atomic E-state index is 0.600. The lowest BCUT2D eigenvalue weighted by atomic mass is 9.86. The third-order valence-electron chi connectivity index (χ3n) is 2.54. The van der Waals surface area contributed by atoms with Gasteiger partial charge in [-0.15, -0.1) is 0 Å². The Labute approximate surface area is 77.7 Å². The summed E-state index contributed by atoms with van der Waals surface area (Å²) in [6, 6.07) is 8.74. The van der Waals surface area contributed by atoms with Crippen molar-refractivity contribution in [3.8, 4) is 0 Å². The molecule has 64 valence electrons. The van der Waals surface area contributed by atoms with Crippen LogP contribution in [0, 0.1) is 0 Å². The summed E-state index contributed by atoms with van der Waals surface area (Å²) < 4.78 is 0. The van der Waals surface area contributed by atoms with Crippen LogP contribution in [0.4, 0.5) is 0 Å². The van der Waals surface area contributed by atoms with E-state index in [4.69, 9.17) is 11.6 Å². The van der Waals surface area contributed by atoms with Crippen molar-refractivity contribution < 1.29 is 0 Å². The zero-order valence-corrected chi connectivity index (χ0v) is 7.81. The third-order valence-corrected chi connectivity index (χ3v) is 2.78. The lowest BCUT2D eigenvalue weighted by Gasteiger charge is -2.35. The minimum atomic E-state index is 0.600. The first-order valence-electron chi connectivity index (χ1n) is 4.26. The minimum Gasteiger partial charge on any atom is -0.313 e. The highest BCUT2D eigenvalue weighted by Crippen LogP contribution is 2.27. The van der Waals surface area contributed by atoms with Crippen molar-refractivity contribution in [1.29, 1.82) is 0 Å². The summed E-state index contributed by atoms with van der Waals surface area (Å²) in [5.41, 5.74) is 1.36. The SMILES string of the molecule is CC1NCC1c1cccc(Cl)c1. The van der Waals surface area contributed by atoms with Gasteiger partial charge >= 0.3 is 0 Å². The van der Waals surface area contributed by atoms with Gasteiger partial charge < -0.3 is 5.32 Å². The first-order valence-corrected chi connectivity index (χ1v) is 4.64. The summed E-state index contributed by atoms with van der Waals surface area (Å²) in [6.45, 7) is 3.29. The van der Waals surface area contributed by atoms with E-state index in [0.717, 1.165) is 11.6 Å². The van der Waals surface area contributed by atoms with Gasteiger partial charge in [0.25, 0.3) is 0 Å². The predicted molar refractivity (Wildman–Crippen MR) is 51.7 cm³/mol. The van der Waals surface area contributed by atoms with Crippen LogP contribution in [0.1, 0.15) is 18.4 Å². The molecule has 2 atom stereocenters. The topological polar surface area (TPSA) is 12.0 Å². The first-order chi connectivity index (χ1) is 5.77. The van der Waals surface area contributed by atoms with Gasteiger partial charge in [0.05, 0.1) is 0 Å². The van der Waals surface area contributed by atoms with Crippen molar-refractivity contribution in [1.82, 2.24) is 5.32 Å². The first kappa shape index (κ1) is 8.09. The Balaban J connectivity index is 2.22. The highest BCUT2D eigenvalue weighted by Gasteiger charge is 2.27. The van der Waals surface area contributed by atoms with Crippen molar-refractivity contribution in [2.24, 2.45) is 0 Å². The van der Waals surface area contributed by atoms with Gasteiger partial charge in [-0.3, -0.25) is 0 Å². The van der Waals surface area contributed by atoms with Gasteiger partial charge in [0.2, 0.25) is 0 Å². The summed E-state index contributed by atoms with van der Waals surface area (Å²) in [4.78, 5) is 0. The van der Waals surface area contributed by atoms with E-state index < -0.39 is 0 Å². The molecule has 1 aromatic rings. The summed E-state index contributed by atoms with van der Waals surface area (Å²) >= 11 is 5.90. The number of halogens is 1. The van der Waals surface area contributed by atoms with E-state index in [1.54, 1.807) is 0 Å². The average molecular weight is 182 g/mol. The van der Waals surface area contributed by atoms with E-state index in [1.165, 1.54) is 5.56 Å². The van der Waals surface area contributed by atoms with Crippen molar-refractivity contribution in [3.05, 3.63) is 34.9 Å². The standard InChI is InChI=1S/C10H12ClN/c1-7-10(6-12-7)8-3-2-4-9(11)5-8/h2-5,7,10,12H,6H2,1H3. The summed E-state index contributed by atoms with van der Waals surface area (Å²) in [6.07, 6.45) is 0. The molecule has 1 aliphatic rings. The molecule has 0 spiro atoms. The maximum atomic E-state index is 5.90. The summed E-state index contributed by atoms with van der Waals surface area (Å²) in [5.74, 6) is 0.656. The molecule has 1 heterocycles. The number of benzene rings is 1. The molecule has 1 aliphatic heterocycles. The van der Waals surface area contributed by atoms with E-state index in [2.05, 4.69) is 24.4 Å². The highest BCUT2D eigenvalue weighted by atomic mass is 35.5. The zero-order valence-electron chi connectivity index (χ0n) is 7.05. The van der Waals surface area contributed by atoms with E-state index in [0.29, 0.717) is 12.0 Å². The molecule has 1 nitrogen and oxygen atoms in total. The molecule has 0 amide bonds. The molecule has 0 saturated carbocycles. The van der Waals surface area contributed by atoms with Crippen LogP contribution < -0.4 is 5.32 Å². The van der Waals surface area contributed by atoms with E-state index in [-0.39, 0.29) is 0 Å². The average Bonchev–Trinajstić information content (AvgIpc) is 2.02. The fourth-order valence-corrected chi connectivity index (χ4v) is 1.81. The van der Waals surface area contributed by atoms with Crippen LogP contribution in [0.2, 0.25) is 5.02 Å². The Morgan fingerprint density at radius 2 is 2.33 bits per heavy atom. The fraction of sp³-hybridized carbons (Fsp3) is 0.400. The number of hydrogen-bond acceptors (Lipinski definition) is 1. The molecule has 2 rings (SSSR count). The van der Waals surface area contributed by atoms with Gasteiger partial charge in [0, 0.05) is 23.5 Å². The van der Waals surface area contributed by atoms with Crippen LogP contribution in [0.15, 0.2) is 24.3 Å². The molecule has 1 saturated heterocycles. The Hall–Kier alpha value is -0.530. The molecule has 1 aromatic carbocycles. The molecule has 1 fully saturated rings. The van der Waals surface area contributed by atoms with Gasteiger partial charge in [-0.1, -0.05) is 23.7 Å². The normalized spacial score (nSPS) is 28.2. The van der Waals surface area contributed by atoms with Crippen LogP contribution in [-0.4, -0.2) is 12.6 Å². The van der Waals surface area contributed by atoms with Crippen molar-refractivity contribution in [2.45, 2.75) is 18.9 Å². The Kier molecular flexibility index (Phi) is 2.07. The monoisotopic (exact) mass is 181 g/mol. The van der Waals surface area contributed by atoms with Crippen LogP contribution in [0.25, 0.3) is 0 Å². The highest BCUT2D eigenvalue weighted by molar-refractivity contribution is 6.30. The maximum absolute atomic E-state index is 5.90. The quantitative estimate of drug-likeness (QED) is 0.702. The lowest BCUT2D eigenvalue weighted by Crippen LogP contribution is -2.48. The Morgan fingerprint density at radius 1 is 1.50 bits per heavy atom. The molecule has 2 unspecified atom stereocenters. The predicted octanol–water partition coefficient (Wildman–Crippen LogP) is 2.42. The number of rotatable bonds is 1. The van der Waals surface area contributed by atoms with Gasteiger partial charge in [-0.2, -0.15) is 0 Å². The summed E-state index contributed by atoms with van der Waals surface area (Å²) in [7, 11) is 0. The molecule has 0 radical (unpaired) electrons. The van der Waals surface area contributed by atoms with E-state index in [1.807, 2.05) is 12.1 Å². The third kappa shape index (κ3) is 1.35. The second kappa shape index (κ2) is 3.08. The molecule has 2 heteroatoms. The Morgan fingerprint density at radius 3 is 2.83 bits per heavy atom. The molecule has 12 heavy (non-hydrogen) atoms. The van der Waals surface area contributed by atoms with E-state index in [9.17, 15) is 0 Å². The molecular weight excluding hydrogens is 170 g/mol. The molecular formula is C10H12ClN. The van der Waals surface area contributed by atoms with Gasteiger partial charge in [-0.25, -0.2) is 0 Å². The van der Waals surface area contributed by atoms with Crippen LogP contribution >= 0.6 is 11.6 Å². The number of hydrogen-bond donors (Lipinski definition) is 1. The van der Waals surface area contributed by atoms with Crippen LogP contribution in [-0.2, 0) is 0 Å². The smallest absolute Gasteiger partial charge is 0.0408 e. The van der Waals surface area contributed by atoms with E-state index >= 15 is 0 Å². The van der Waals surface area contributed by atoms with Crippen molar-refractivity contribution in [3.63, 3.8) is 0 Å². The van der Waals surface area contributed by atoms with Gasteiger partial charge in [-0.05, 0) is 24.6 Å². The summed E-state index contributed by atoms with van der Waals surface area (Å²) in [5, 5.41) is 4.17. The largest absolute Gasteiger partial charge is 0.313 e. The lowest BCUT2D eigenvalue weighted by molar-refractivity contribution is 0.334. The Bertz CT molecular complexity index is 285. The second-order valence-corrected chi connectivity index (χ2v) is 3.79. The van der Waals surface area contributed by atoms with Crippen molar-refractivity contribution >= 4 is 11.6 Å². The molecule has 0 aliphatic carbocycles. The second-order valence-electron chi connectivity index (χ2n) is 3.36. The van der Waals surface area contributed by atoms with Crippen molar-refractivity contribution in [2.75, 3.05) is 6.54 Å². The molecule has 0 bridgehead atoms. The van der Waals surface area contributed by atoms with Gasteiger partial charge in [0.1, 0.15) is 0 Å². The van der Waals surface area contributed by atoms with Crippen LogP contribution in [0.5, 0.6) is 0 Å². The zero-order chi connectivity index (χ0) is 8.55. The fourth-order valence-electron chi connectivity index (χ4n) is 1.62. The molecule has 1 N–H and O–H groups in total. The maximum Gasteiger partial charge on any atom is 0.0408 e. The molecule has 0 aromatic heterocycles. The van der Waals surface area contributed by atoms with Gasteiger partial charge in [0.15, 0.2) is 0 Å². The number of nitrogens with one attached hydrogen (secondary N) is 1. The van der Waals surface area contributed by atoms with Crippen LogP contribution in [0.3, 0.4) is 0 Å².